The molecular formula is C14H13ClFNS. The Labute approximate surface area is 115 Å². The van der Waals surface area contributed by atoms with Crippen molar-refractivity contribution in [1.29, 1.82) is 0 Å². The maximum Gasteiger partial charge on any atom is 0.128 e. The molecule has 2 aromatic carbocycles. The maximum absolute atomic E-state index is 13.6. The van der Waals surface area contributed by atoms with Crippen molar-refractivity contribution >= 4 is 29.1 Å². The zero-order chi connectivity index (χ0) is 13.1. The van der Waals surface area contributed by atoms with Crippen molar-refractivity contribution in [1.82, 2.24) is 0 Å². The predicted molar refractivity (Wildman–Crippen MR) is 76.6 cm³/mol. The van der Waals surface area contributed by atoms with E-state index in [-0.39, 0.29) is 5.82 Å². The first kappa shape index (κ1) is 13.2. The third-order valence-corrected chi connectivity index (χ3v) is 4.17. The molecule has 0 saturated heterocycles. The number of thioether (sulfide) groups is 1. The third-order valence-electron chi connectivity index (χ3n) is 2.72. The van der Waals surface area contributed by atoms with Gasteiger partial charge in [0.1, 0.15) is 5.82 Å². The molecule has 0 saturated carbocycles. The molecule has 0 heterocycles. The molecule has 0 spiro atoms. The van der Waals surface area contributed by atoms with Gasteiger partial charge in [0.25, 0.3) is 0 Å². The Morgan fingerprint density at radius 2 is 2.06 bits per heavy atom. The van der Waals surface area contributed by atoms with E-state index in [1.807, 2.05) is 25.1 Å². The molecule has 0 aliphatic carbocycles. The first-order valence-corrected chi connectivity index (χ1v) is 6.86. The Hall–Kier alpha value is -1.19. The van der Waals surface area contributed by atoms with Gasteiger partial charge in [0.2, 0.25) is 0 Å². The van der Waals surface area contributed by atoms with E-state index in [0.717, 1.165) is 16.1 Å². The van der Waals surface area contributed by atoms with Crippen molar-refractivity contribution in [2.75, 3.05) is 5.73 Å². The van der Waals surface area contributed by atoms with E-state index in [1.54, 1.807) is 23.9 Å². The summed E-state index contributed by atoms with van der Waals surface area (Å²) in [5, 5.41) is 0.418. The molecule has 0 bridgehead atoms. The number of hydrogen-bond acceptors (Lipinski definition) is 2. The molecule has 2 aromatic rings. The second kappa shape index (κ2) is 5.63. The van der Waals surface area contributed by atoms with Gasteiger partial charge in [-0.3, -0.25) is 0 Å². The Kier molecular flexibility index (Phi) is 4.15. The quantitative estimate of drug-likeness (QED) is 0.654. The maximum atomic E-state index is 13.6. The van der Waals surface area contributed by atoms with E-state index in [9.17, 15) is 4.39 Å². The van der Waals surface area contributed by atoms with Crippen molar-refractivity contribution in [3.05, 3.63) is 58.4 Å². The minimum atomic E-state index is -0.267. The first-order chi connectivity index (χ1) is 8.58. The number of nitrogens with two attached hydrogens (primary N) is 1. The Bertz CT molecular complexity index is 572. The van der Waals surface area contributed by atoms with Gasteiger partial charge in [-0.05, 0) is 42.3 Å². The fourth-order valence-electron chi connectivity index (χ4n) is 1.58. The van der Waals surface area contributed by atoms with Crippen LogP contribution in [0, 0.1) is 12.7 Å². The van der Waals surface area contributed by atoms with Crippen molar-refractivity contribution in [2.24, 2.45) is 0 Å². The number of hydrogen-bond donors (Lipinski definition) is 1. The van der Waals surface area contributed by atoms with E-state index in [0.29, 0.717) is 16.3 Å². The summed E-state index contributed by atoms with van der Waals surface area (Å²) in [6.45, 7) is 1.97. The summed E-state index contributed by atoms with van der Waals surface area (Å²) < 4.78 is 13.6. The van der Waals surface area contributed by atoms with Gasteiger partial charge < -0.3 is 5.73 Å². The summed E-state index contributed by atoms with van der Waals surface area (Å²) in [6, 6.07) is 10.5. The summed E-state index contributed by atoms with van der Waals surface area (Å²) in [5.74, 6) is 0.296. The van der Waals surface area contributed by atoms with E-state index < -0.39 is 0 Å². The van der Waals surface area contributed by atoms with Gasteiger partial charge in [0.15, 0.2) is 0 Å². The highest BCUT2D eigenvalue weighted by molar-refractivity contribution is 7.98. The summed E-state index contributed by atoms with van der Waals surface area (Å²) in [4.78, 5) is 1.07. The van der Waals surface area contributed by atoms with Crippen LogP contribution < -0.4 is 5.73 Å². The number of halogens is 2. The van der Waals surface area contributed by atoms with Crippen LogP contribution in [0.1, 0.15) is 11.1 Å². The lowest BCUT2D eigenvalue weighted by Crippen LogP contribution is -1.92. The van der Waals surface area contributed by atoms with Crippen LogP contribution >= 0.6 is 23.4 Å². The van der Waals surface area contributed by atoms with Crippen molar-refractivity contribution in [3.63, 3.8) is 0 Å². The average molecular weight is 282 g/mol. The molecule has 94 valence electrons. The van der Waals surface area contributed by atoms with Crippen LogP contribution in [0.25, 0.3) is 0 Å². The van der Waals surface area contributed by atoms with Crippen LogP contribution in [-0.4, -0.2) is 0 Å². The van der Waals surface area contributed by atoms with Gasteiger partial charge in [-0.2, -0.15) is 0 Å². The lowest BCUT2D eigenvalue weighted by molar-refractivity contribution is 0.617. The molecule has 0 atom stereocenters. The number of benzene rings is 2. The van der Waals surface area contributed by atoms with Gasteiger partial charge in [-0.15, -0.1) is 11.8 Å². The predicted octanol–water partition coefficient (Wildman–Crippen LogP) is 4.66. The Morgan fingerprint density at radius 1 is 1.28 bits per heavy atom. The largest absolute Gasteiger partial charge is 0.398 e. The van der Waals surface area contributed by atoms with Crippen LogP contribution in [0.15, 0.2) is 41.3 Å². The highest BCUT2D eigenvalue weighted by Crippen LogP contribution is 2.30. The molecule has 0 aliphatic rings. The summed E-state index contributed by atoms with van der Waals surface area (Å²) >= 11 is 7.29. The highest BCUT2D eigenvalue weighted by Gasteiger charge is 2.06. The molecule has 18 heavy (non-hydrogen) atoms. The highest BCUT2D eigenvalue weighted by atomic mass is 35.5. The van der Waals surface area contributed by atoms with Gasteiger partial charge >= 0.3 is 0 Å². The zero-order valence-electron chi connectivity index (χ0n) is 9.91. The molecule has 2 N–H and O–H groups in total. The summed E-state index contributed by atoms with van der Waals surface area (Å²) in [5.41, 5.74) is 8.28. The number of nitrogen functional groups attached to an aromatic ring is 1. The van der Waals surface area contributed by atoms with E-state index >= 15 is 0 Å². The van der Waals surface area contributed by atoms with Crippen molar-refractivity contribution in [3.8, 4) is 0 Å². The molecule has 0 fully saturated rings. The minimum absolute atomic E-state index is 0.267. The molecular weight excluding hydrogens is 269 g/mol. The molecule has 0 radical (unpaired) electrons. The fraction of sp³-hybridized carbons (Fsp3) is 0.143. The van der Waals surface area contributed by atoms with Crippen LogP contribution in [0.3, 0.4) is 0 Å². The van der Waals surface area contributed by atoms with Crippen LogP contribution in [0.5, 0.6) is 0 Å². The van der Waals surface area contributed by atoms with E-state index in [4.69, 9.17) is 17.3 Å². The topological polar surface area (TPSA) is 26.0 Å². The van der Waals surface area contributed by atoms with Gasteiger partial charge in [-0.25, -0.2) is 4.39 Å². The molecule has 0 aromatic heterocycles. The van der Waals surface area contributed by atoms with Crippen LogP contribution in [0.4, 0.5) is 10.1 Å². The SMILES string of the molecule is Cc1c(N)cccc1SCc1ccc(Cl)cc1F. The summed E-state index contributed by atoms with van der Waals surface area (Å²) in [7, 11) is 0. The lowest BCUT2D eigenvalue weighted by Gasteiger charge is -2.08. The second-order valence-corrected chi connectivity index (χ2v) is 5.45. The fourth-order valence-corrected chi connectivity index (χ4v) is 2.80. The molecule has 2 rings (SSSR count). The minimum Gasteiger partial charge on any atom is -0.398 e. The average Bonchev–Trinajstić information content (AvgIpc) is 2.33. The zero-order valence-corrected chi connectivity index (χ0v) is 11.5. The van der Waals surface area contributed by atoms with Gasteiger partial charge in [0.05, 0.1) is 0 Å². The second-order valence-electron chi connectivity index (χ2n) is 3.99. The number of anilines is 1. The molecule has 4 heteroatoms. The van der Waals surface area contributed by atoms with E-state index in [1.165, 1.54) is 6.07 Å². The molecule has 0 aliphatic heterocycles. The lowest BCUT2D eigenvalue weighted by atomic mass is 10.2. The van der Waals surface area contributed by atoms with Gasteiger partial charge in [0, 0.05) is 21.4 Å². The smallest absolute Gasteiger partial charge is 0.128 e. The van der Waals surface area contributed by atoms with Crippen molar-refractivity contribution in [2.45, 2.75) is 17.6 Å². The standard InChI is InChI=1S/C14H13ClFNS/c1-9-13(17)3-2-4-14(9)18-8-10-5-6-11(15)7-12(10)16/h2-7H,8,17H2,1H3. The summed E-state index contributed by atoms with van der Waals surface area (Å²) in [6.07, 6.45) is 0. The monoisotopic (exact) mass is 281 g/mol. The van der Waals surface area contributed by atoms with Crippen LogP contribution in [-0.2, 0) is 5.75 Å². The molecule has 1 nitrogen and oxygen atoms in total. The normalized spacial score (nSPS) is 10.6. The number of rotatable bonds is 3. The molecule has 0 amide bonds. The Balaban J connectivity index is 2.14. The van der Waals surface area contributed by atoms with Crippen molar-refractivity contribution < 1.29 is 4.39 Å². The first-order valence-electron chi connectivity index (χ1n) is 5.50. The van der Waals surface area contributed by atoms with Crippen LogP contribution in [0.2, 0.25) is 5.02 Å². The Morgan fingerprint density at radius 3 is 2.78 bits per heavy atom. The van der Waals surface area contributed by atoms with Gasteiger partial charge in [-0.1, -0.05) is 23.7 Å². The third kappa shape index (κ3) is 2.98. The molecule has 0 unspecified atom stereocenters. The van der Waals surface area contributed by atoms with E-state index in [2.05, 4.69) is 0 Å².